The molecular weight excluding hydrogens is 365 g/mol. The average molecular weight is 377 g/mol. The molecule has 2 rings (SSSR count). The molecule has 1 atom stereocenters. The first kappa shape index (κ1) is 13.5. The van der Waals surface area contributed by atoms with Crippen LogP contribution in [0, 0.1) is 3.57 Å². The minimum absolute atomic E-state index is 0.251. The summed E-state index contributed by atoms with van der Waals surface area (Å²) in [6, 6.07) is 6.28. The van der Waals surface area contributed by atoms with Crippen molar-refractivity contribution in [2.24, 2.45) is 0 Å². The first-order valence-electron chi connectivity index (χ1n) is 5.26. The summed E-state index contributed by atoms with van der Waals surface area (Å²) < 4.78 is 27.7. The standard InChI is InChI=1S/C11H12IN3O2S/c1-8(11-13-6-7-14-11)15-18(16,17)10-4-2-9(12)3-5-10/h2-8,15H,1H3,(H,13,14). The second-order valence-electron chi connectivity index (χ2n) is 3.77. The summed E-state index contributed by atoms with van der Waals surface area (Å²) in [5.74, 6) is 0.587. The number of benzene rings is 1. The van der Waals surface area contributed by atoms with Gasteiger partial charge in [-0.25, -0.2) is 18.1 Å². The third-order valence-corrected chi connectivity index (χ3v) is 4.66. The van der Waals surface area contributed by atoms with Crippen LogP contribution < -0.4 is 4.72 Å². The highest BCUT2D eigenvalue weighted by Gasteiger charge is 2.19. The van der Waals surface area contributed by atoms with Gasteiger partial charge < -0.3 is 4.98 Å². The highest BCUT2D eigenvalue weighted by Crippen LogP contribution is 2.15. The van der Waals surface area contributed by atoms with Gasteiger partial charge in [0.15, 0.2) is 0 Å². The lowest BCUT2D eigenvalue weighted by atomic mass is 10.3. The monoisotopic (exact) mass is 377 g/mol. The van der Waals surface area contributed by atoms with Crippen molar-refractivity contribution in [1.82, 2.24) is 14.7 Å². The fourth-order valence-corrected chi connectivity index (χ4v) is 3.05. The zero-order valence-corrected chi connectivity index (χ0v) is 12.6. The van der Waals surface area contributed by atoms with E-state index in [0.717, 1.165) is 3.57 Å². The van der Waals surface area contributed by atoms with Crippen molar-refractivity contribution in [3.05, 3.63) is 46.1 Å². The Morgan fingerprint density at radius 2 is 2.00 bits per heavy atom. The Morgan fingerprint density at radius 3 is 2.56 bits per heavy atom. The third-order valence-electron chi connectivity index (χ3n) is 2.39. The van der Waals surface area contributed by atoms with E-state index in [0.29, 0.717) is 5.82 Å². The van der Waals surface area contributed by atoms with Crippen LogP contribution in [0.2, 0.25) is 0 Å². The van der Waals surface area contributed by atoms with E-state index >= 15 is 0 Å². The summed E-state index contributed by atoms with van der Waals surface area (Å²) in [6.07, 6.45) is 3.25. The number of rotatable bonds is 4. The molecule has 96 valence electrons. The number of H-pyrrole nitrogens is 1. The number of imidazole rings is 1. The zero-order valence-electron chi connectivity index (χ0n) is 9.59. The fourth-order valence-electron chi connectivity index (χ4n) is 1.48. The largest absolute Gasteiger partial charge is 0.347 e. The molecule has 1 aromatic carbocycles. The Bertz CT molecular complexity index is 608. The Morgan fingerprint density at radius 1 is 1.33 bits per heavy atom. The van der Waals surface area contributed by atoms with Gasteiger partial charge >= 0.3 is 0 Å². The van der Waals surface area contributed by atoms with Crippen LogP contribution in [0.1, 0.15) is 18.8 Å². The van der Waals surface area contributed by atoms with Gasteiger partial charge in [-0.15, -0.1) is 0 Å². The maximum Gasteiger partial charge on any atom is 0.241 e. The van der Waals surface area contributed by atoms with E-state index in [-0.39, 0.29) is 4.90 Å². The highest BCUT2D eigenvalue weighted by atomic mass is 127. The van der Waals surface area contributed by atoms with Crippen molar-refractivity contribution in [3.63, 3.8) is 0 Å². The minimum atomic E-state index is -3.52. The summed E-state index contributed by atoms with van der Waals surface area (Å²) in [7, 11) is -3.52. The van der Waals surface area contributed by atoms with E-state index in [1.807, 2.05) is 0 Å². The number of hydrogen-bond donors (Lipinski definition) is 2. The fraction of sp³-hybridized carbons (Fsp3) is 0.182. The molecule has 0 spiro atoms. The zero-order chi connectivity index (χ0) is 13.2. The summed E-state index contributed by atoms with van der Waals surface area (Å²) in [5, 5.41) is 0. The molecule has 7 heteroatoms. The van der Waals surface area contributed by atoms with E-state index in [1.54, 1.807) is 43.6 Å². The first-order valence-corrected chi connectivity index (χ1v) is 7.82. The summed E-state index contributed by atoms with van der Waals surface area (Å²) in [4.78, 5) is 7.16. The van der Waals surface area contributed by atoms with Crippen LogP contribution in [0.15, 0.2) is 41.6 Å². The van der Waals surface area contributed by atoms with E-state index in [1.165, 1.54) is 0 Å². The van der Waals surface area contributed by atoms with E-state index in [4.69, 9.17) is 0 Å². The molecule has 2 aromatic rings. The van der Waals surface area contributed by atoms with Crippen molar-refractivity contribution in [3.8, 4) is 0 Å². The van der Waals surface area contributed by atoms with Gasteiger partial charge in [0.1, 0.15) is 5.82 Å². The van der Waals surface area contributed by atoms with Crippen LogP contribution in [0.25, 0.3) is 0 Å². The molecule has 1 heterocycles. The van der Waals surface area contributed by atoms with Crippen molar-refractivity contribution < 1.29 is 8.42 Å². The summed E-state index contributed by atoms with van der Waals surface area (Å²) in [5.41, 5.74) is 0. The predicted molar refractivity (Wildman–Crippen MR) is 76.5 cm³/mol. The molecule has 0 amide bonds. The molecular formula is C11H12IN3O2S. The Kier molecular flexibility index (Phi) is 4.03. The topological polar surface area (TPSA) is 74.8 Å². The molecule has 0 fully saturated rings. The van der Waals surface area contributed by atoms with Gasteiger partial charge in [-0.3, -0.25) is 0 Å². The second-order valence-corrected chi connectivity index (χ2v) is 6.73. The Balaban J connectivity index is 2.20. The normalized spacial score (nSPS) is 13.4. The summed E-state index contributed by atoms with van der Waals surface area (Å²) in [6.45, 7) is 1.74. The van der Waals surface area contributed by atoms with Crippen molar-refractivity contribution in [1.29, 1.82) is 0 Å². The van der Waals surface area contributed by atoms with Gasteiger partial charge in [-0.1, -0.05) is 0 Å². The second kappa shape index (κ2) is 5.37. The molecule has 0 saturated heterocycles. The average Bonchev–Trinajstić information content (AvgIpc) is 2.82. The molecule has 18 heavy (non-hydrogen) atoms. The van der Waals surface area contributed by atoms with Crippen molar-refractivity contribution in [2.45, 2.75) is 17.9 Å². The molecule has 0 aliphatic carbocycles. The number of aromatic amines is 1. The maximum absolute atomic E-state index is 12.1. The molecule has 0 saturated carbocycles. The molecule has 0 radical (unpaired) electrons. The van der Waals surface area contributed by atoms with E-state index in [9.17, 15) is 8.42 Å². The van der Waals surface area contributed by atoms with E-state index in [2.05, 4.69) is 37.3 Å². The van der Waals surface area contributed by atoms with E-state index < -0.39 is 16.1 Å². The van der Waals surface area contributed by atoms with Crippen molar-refractivity contribution in [2.75, 3.05) is 0 Å². The first-order chi connectivity index (χ1) is 8.49. The van der Waals surface area contributed by atoms with Crippen LogP contribution >= 0.6 is 22.6 Å². The van der Waals surface area contributed by atoms with Crippen LogP contribution in [0.4, 0.5) is 0 Å². The highest BCUT2D eigenvalue weighted by molar-refractivity contribution is 14.1. The van der Waals surface area contributed by atoms with Gasteiger partial charge in [-0.2, -0.15) is 0 Å². The molecule has 1 aromatic heterocycles. The van der Waals surface area contributed by atoms with Crippen LogP contribution in [0.3, 0.4) is 0 Å². The van der Waals surface area contributed by atoms with Gasteiger partial charge in [0.2, 0.25) is 10.0 Å². The number of hydrogen-bond acceptors (Lipinski definition) is 3. The SMILES string of the molecule is CC(NS(=O)(=O)c1ccc(I)cc1)c1ncc[nH]1. The molecule has 0 aliphatic heterocycles. The van der Waals surface area contributed by atoms with Gasteiger partial charge in [0.05, 0.1) is 10.9 Å². The molecule has 0 aliphatic rings. The van der Waals surface area contributed by atoms with Crippen LogP contribution in [-0.4, -0.2) is 18.4 Å². The quantitative estimate of drug-likeness (QED) is 0.801. The Labute approximate surface area is 119 Å². The Hall–Kier alpha value is -0.930. The van der Waals surface area contributed by atoms with Crippen LogP contribution in [-0.2, 0) is 10.0 Å². The molecule has 5 nitrogen and oxygen atoms in total. The van der Waals surface area contributed by atoms with Gasteiger partial charge in [0.25, 0.3) is 0 Å². The molecule has 2 N–H and O–H groups in total. The number of halogens is 1. The summed E-state index contributed by atoms with van der Waals surface area (Å²) >= 11 is 2.13. The smallest absolute Gasteiger partial charge is 0.241 e. The maximum atomic E-state index is 12.1. The van der Waals surface area contributed by atoms with Gasteiger partial charge in [0, 0.05) is 16.0 Å². The van der Waals surface area contributed by atoms with Gasteiger partial charge in [-0.05, 0) is 53.8 Å². The van der Waals surface area contributed by atoms with Crippen LogP contribution in [0.5, 0.6) is 0 Å². The third kappa shape index (κ3) is 3.09. The molecule has 1 unspecified atom stereocenters. The minimum Gasteiger partial charge on any atom is -0.347 e. The lowest BCUT2D eigenvalue weighted by Gasteiger charge is -2.12. The molecule has 0 bridgehead atoms. The lowest BCUT2D eigenvalue weighted by Crippen LogP contribution is -2.27. The number of sulfonamides is 1. The van der Waals surface area contributed by atoms with Crippen molar-refractivity contribution >= 4 is 32.6 Å². The predicted octanol–water partition coefficient (Wildman–Crippen LogP) is 2.05. The lowest BCUT2D eigenvalue weighted by molar-refractivity contribution is 0.561. The number of nitrogens with one attached hydrogen (secondary N) is 2. The number of aromatic nitrogens is 2. The number of nitrogens with zero attached hydrogens (tertiary/aromatic N) is 1.